The fraction of sp³-hybridized carbons (Fsp3) is 0.0488. The van der Waals surface area contributed by atoms with Crippen molar-refractivity contribution in [1.82, 2.24) is 4.57 Å². The molecule has 7 aromatic rings. The molecule has 1 aromatic heterocycles. The molecule has 0 atom stereocenters. The van der Waals surface area contributed by atoms with E-state index in [9.17, 15) is 4.79 Å². The van der Waals surface area contributed by atoms with Gasteiger partial charge in [-0.2, -0.15) is 0 Å². The van der Waals surface area contributed by atoms with Crippen molar-refractivity contribution < 1.29 is 0 Å². The summed E-state index contributed by atoms with van der Waals surface area (Å²) in [7, 11) is 0. The smallest absolute Gasteiger partial charge is 0.192 e. The summed E-state index contributed by atoms with van der Waals surface area (Å²) in [5, 5.41) is 0.708. The topological polar surface area (TPSA) is 25.2 Å². The Labute approximate surface area is 256 Å². The first-order chi connectivity index (χ1) is 21.7. The number of para-hydroxylation sites is 3. The number of aryl methyl sites for hydroxylation is 1. The summed E-state index contributed by atoms with van der Waals surface area (Å²) >= 11 is 0. The Morgan fingerprint density at radius 3 is 1.59 bits per heavy atom. The average Bonchev–Trinajstić information content (AvgIpc) is 3.10. The molecular formula is C41H30N2O. The van der Waals surface area contributed by atoms with Crippen molar-refractivity contribution in [2.24, 2.45) is 0 Å². The molecule has 0 N–H and O–H groups in total. The van der Waals surface area contributed by atoms with Crippen LogP contribution < -0.4 is 10.3 Å². The minimum absolute atomic E-state index is 0.0605. The summed E-state index contributed by atoms with van der Waals surface area (Å²) in [5.41, 5.74) is 10.2. The van der Waals surface area contributed by atoms with E-state index in [1.165, 1.54) is 22.3 Å². The largest absolute Gasteiger partial charge is 0.316 e. The molecule has 3 nitrogen and oxygen atoms in total. The van der Waals surface area contributed by atoms with E-state index in [1.54, 1.807) is 0 Å². The van der Waals surface area contributed by atoms with Crippen LogP contribution in [0.1, 0.15) is 27.8 Å². The number of benzene rings is 6. The van der Waals surface area contributed by atoms with Gasteiger partial charge in [0.2, 0.25) is 0 Å². The molecule has 0 spiro atoms. The van der Waals surface area contributed by atoms with E-state index < -0.39 is 5.41 Å². The lowest BCUT2D eigenvalue weighted by molar-refractivity contribution is 0.731. The monoisotopic (exact) mass is 566 g/mol. The maximum absolute atomic E-state index is 13.4. The number of rotatable bonds is 4. The number of anilines is 3. The molecular weight excluding hydrogens is 536 g/mol. The first-order valence-corrected chi connectivity index (χ1v) is 15.0. The summed E-state index contributed by atoms with van der Waals surface area (Å²) in [6.07, 6.45) is 1.96. The van der Waals surface area contributed by atoms with E-state index in [2.05, 4.69) is 143 Å². The minimum atomic E-state index is -0.522. The van der Waals surface area contributed by atoms with E-state index in [-0.39, 0.29) is 5.43 Å². The van der Waals surface area contributed by atoms with Gasteiger partial charge < -0.3 is 9.47 Å². The Bertz CT molecular complexity index is 2110. The third-order valence-corrected chi connectivity index (χ3v) is 8.97. The molecule has 0 saturated carbocycles. The van der Waals surface area contributed by atoms with Crippen LogP contribution in [0, 0.1) is 6.92 Å². The summed E-state index contributed by atoms with van der Waals surface area (Å²) < 4.78 is 2.13. The Morgan fingerprint density at radius 2 is 1.02 bits per heavy atom. The Balaban J connectivity index is 1.45. The SMILES string of the molecule is Cc1cn(-c2ccccc2)c2cc(N3c4ccccc4C(c4ccccc4)(c4ccccc4)c4ccccc43)ccc2c1=O. The van der Waals surface area contributed by atoms with Gasteiger partial charge in [0.25, 0.3) is 0 Å². The zero-order valence-corrected chi connectivity index (χ0v) is 24.4. The molecule has 0 aliphatic carbocycles. The van der Waals surface area contributed by atoms with Crippen LogP contribution in [-0.4, -0.2) is 4.57 Å². The lowest BCUT2D eigenvalue weighted by Crippen LogP contribution is -2.37. The first-order valence-electron chi connectivity index (χ1n) is 15.0. The molecule has 8 rings (SSSR count). The number of aromatic nitrogens is 1. The van der Waals surface area contributed by atoms with Gasteiger partial charge in [-0.1, -0.05) is 115 Å². The summed E-state index contributed by atoms with van der Waals surface area (Å²) in [6.45, 7) is 1.89. The van der Waals surface area contributed by atoms with Crippen molar-refractivity contribution in [2.45, 2.75) is 12.3 Å². The lowest BCUT2D eigenvalue weighted by atomic mass is 9.62. The van der Waals surface area contributed by atoms with Crippen molar-refractivity contribution in [3.63, 3.8) is 0 Å². The van der Waals surface area contributed by atoms with Gasteiger partial charge in [-0.25, -0.2) is 0 Å². The normalized spacial score (nSPS) is 13.3. The van der Waals surface area contributed by atoms with Crippen molar-refractivity contribution in [1.29, 1.82) is 0 Å². The highest BCUT2D eigenvalue weighted by Crippen LogP contribution is 2.57. The number of fused-ring (bicyclic) bond motifs is 3. The zero-order chi connectivity index (χ0) is 29.7. The van der Waals surface area contributed by atoms with E-state index in [0.29, 0.717) is 5.39 Å². The van der Waals surface area contributed by atoms with Gasteiger partial charge in [0.1, 0.15) is 0 Å². The fourth-order valence-corrected chi connectivity index (χ4v) is 7.08. The molecule has 0 saturated heterocycles. The standard InChI is InChI=1S/C41H30N2O/c1-29-28-42(32-19-9-4-10-20-32)39-27-33(25-26-34(39)40(29)44)43-37-23-13-11-21-35(37)41(30-15-5-2-6-16-30,31-17-7-3-8-18-31)36-22-12-14-24-38(36)43/h2-28H,1H3. The predicted molar refractivity (Wildman–Crippen MR) is 181 cm³/mol. The van der Waals surface area contributed by atoms with Crippen LogP contribution in [0.25, 0.3) is 16.6 Å². The summed E-state index contributed by atoms with van der Waals surface area (Å²) in [5.74, 6) is 0. The van der Waals surface area contributed by atoms with Crippen molar-refractivity contribution in [3.05, 3.63) is 202 Å². The van der Waals surface area contributed by atoms with Gasteiger partial charge in [0.05, 0.1) is 22.3 Å². The van der Waals surface area contributed by atoms with Crippen LogP contribution in [0.15, 0.2) is 169 Å². The Hall–Kier alpha value is -5.67. The van der Waals surface area contributed by atoms with Crippen LogP contribution in [0.2, 0.25) is 0 Å². The second-order valence-electron chi connectivity index (χ2n) is 11.4. The molecule has 44 heavy (non-hydrogen) atoms. The second-order valence-corrected chi connectivity index (χ2v) is 11.4. The van der Waals surface area contributed by atoms with Crippen molar-refractivity contribution >= 4 is 28.0 Å². The van der Waals surface area contributed by atoms with Crippen molar-refractivity contribution in [2.75, 3.05) is 4.90 Å². The van der Waals surface area contributed by atoms with E-state index in [1.807, 2.05) is 37.4 Å². The average molecular weight is 567 g/mol. The third kappa shape index (κ3) is 3.79. The Morgan fingerprint density at radius 1 is 0.523 bits per heavy atom. The van der Waals surface area contributed by atoms with Gasteiger partial charge in [-0.15, -0.1) is 0 Å². The maximum atomic E-state index is 13.4. The number of nitrogens with zero attached hydrogens (tertiary/aromatic N) is 2. The molecule has 1 aliphatic rings. The summed E-state index contributed by atoms with van der Waals surface area (Å²) in [4.78, 5) is 15.7. The molecule has 0 amide bonds. The van der Waals surface area contributed by atoms with Gasteiger partial charge >= 0.3 is 0 Å². The lowest BCUT2D eigenvalue weighted by Gasteiger charge is -2.46. The molecule has 210 valence electrons. The van der Waals surface area contributed by atoms with Crippen molar-refractivity contribution in [3.8, 4) is 5.69 Å². The number of hydrogen-bond donors (Lipinski definition) is 0. The third-order valence-electron chi connectivity index (χ3n) is 8.97. The van der Waals surface area contributed by atoms with Crippen LogP contribution >= 0.6 is 0 Å². The highest BCUT2D eigenvalue weighted by Gasteiger charge is 2.46. The number of pyridine rings is 1. The number of hydrogen-bond acceptors (Lipinski definition) is 2. The first kappa shape index (κ1) is 26.0. The Kier molecular flexibility index (Phi) is 6.06. The van der Waals surface area contributed by atoms with Gasteiger partial charge in [-0.05, 0) is 71.6 Å². The van der Waals surface area contributed by atoms with Crippen LogP contribution in [0.3, 0.4) is 0 Å². The molecule has 0 bridgehead atoms. The molecule has 6 aromatic carbocycles. The van der Waals surface area contributed by atoms with Crippen LogP contribution in [-0.2, 0) is 5.41 Å². The van der Waals surface area contributed by atoms with Crippen LogP contribution in [0.5, 0.6) is 0 Å². The molecule has 2 heterocycles. The van der Waals surface area contributed by atoms with Crippen LogP contribution in [0.4, 0.5) is 17.1 Å². The van der Waals surface area contributed by atoms with E-state index in [4.69, 9.17) is 0 Å². The summed E-state index contributed by atoms with van der Waals surface area (Å²) in [6, 6.07) is 55.6. The molecule has 3 heteroatoms. The van der Waals surface area contributed by atoms with Gasteiger partial charge in [-0.3, -0.25) is 4.79 Å². The predicted octanol–water partition coefficient (Wildman–Crippen LogP) is 9.47. The minimum Gasteiger partial charge on any atom is -0.316 e. The molecule has 1 aliphatic heterocycles. The van der Waals surface area contributed by atoms with E-state index >= 15 is 0 Å². The highest BCUT2D eigenvalue weighted by atomic mass is 16.1. The molecule has 0 unspecified atom stereocenters. The zero-order valence-electron chi connectivity index (χ0n) is 24.4. The fourth-order valence-electron chi connectivity index (χ4n) is 7.08. The van der Waals surface area contributed by atoms with Gasteiger partial charge in [0.15, 0.2) is 5.43 Å². The maximum Gasteiger partial charge on any atom is 0.192 e. The quantitative estimate of drug-likeness (QED) is 0.212. The van der Waals surface area contributed by atoms with Gasteiger partial charge in [0, 0.05) is 28.5 Å². The molecule has 0 radical (unpaired) electrons. The highest BCUT2D eigenvalue weighted by molar-refractivity contribution is 5.93. The molecule has 0 fully saturated rings. The second kappa shape index (κ2) is 10.3. The van der Waals surface area contributed by atoms with E-state index in [0.717, 1.165) is 33.8 Å².